The number of benzene rings is 2. The molecule has 0 saturated carbocycles. The molecule has 1 N–H and O–H groups in total. The molecule has 0 heterocycles. The standard InChI is InChI=1S/C14H11BrFNO3S/c1-9-4-2-3-5-13(9)21(19,20)17-14(18)11-7-6-10(15)8-12(11)16/h2-8H,1H3,(H,17,18). The normalized spacial score (nSPS) is 11.2. The molecule has 0 aliphatic heterocycles. The number of carbonyl (C=O) groups is 1. The van der Waals surface area contributed by atoms with Crippen molar-refractivity contribution in [2.45, 2.75) is 11.8 Å². The van der Waals surface area contributed by atoms with E-state index in [9.17, 15) is 17.6 Å². The number of aryl methyl sites for hydroxylation is 1. The lowest BCUT2D eigenvalue weighted by Crippen LogP contribution is -2.31. The van der Waals surface area contributed by atoms with Gasteiger partial charge in [0.05, 0.1) is 10.5 Å². The van der Waals surface area contributed by atoms with Crippen LogP contribution >= 0.6 is 15.9 Å². The van der Waals surface area contributed by atoms with Crippen LogP contribution in [-0.4, -0.2) is 14.3 Å². The summed E-state index contributed by atoms with van der Waals surface area (Å²) >= 11 is 3.06. The Bertz CT molecular complexity index is 806. The second kappa shape index (κ2) is 5.95. The summed E-state index contributed by atoms with van der Waals surface area (Å²) in [6.07, 6.45) is 0. The van der Waals surface area contributed by atoms with Crippen LogP contribution < -0.4 is 4.72 Å². The van der Waals surface area contributed by atoms with Crippen LogP contribution in [-0.2, 0) is 10.0 Å². The third-order valence-electron chi connectivity index (χ3n) is 2.79. The van der Waals surface area contributed by atoms with Crippen molar-refractivity contribution >= 4 is 31.9 Å². The van der Waals surface area contributed by atoms with E-state index in [4.69, 9.17) is 0 Å². The minimum Gasteiger partial charge on any atom is -0.268 e. The number of amides is 1. The molecule has 0 atom stereocenters. The van der Waals surface area contributed by atoms with Gasteiger partial charge >= 0.3 is 0 Å². The molecule has 7 heteroatoms. The predicted octanol–water partition coefficient (Wildman–Crippen LogP) is 3.02. The lowest BCUT2D eigenvalue weighted by atomic mass is 10.2. The SMILES string of the molecule is Cc1ccccc1S(=O)(=O)NC(=O)c1ccc(Br)cc1F. The van der Waals surface area contributed by atoms with E-state index in [1.807, 2.05) is 4.72 Å². The summed E-state index contributed by atoms with van der Waals surface area (Å²) in [6, 6.07) is 9.98. The fourth-order valence-electron chi connectivity index (χ4n) is 1.76. The van der Waals surface area contributed by atoms with Crippen LogP contribution in [0.15, 0.2) is 51.8 Å². The Morgan fingerprint density at radius 3 is 2.48 bits per heavy atom. The Kier molecular flexibility index (Phi) is 4.43. The van der Waals surface area contributed by atoms with Crippen LogP contribution in [0.25, 0.3) is 0 Å². The number of halogens is 2. The van der Waals surface area contributed by atoms with Gasteiger partial charge in [0.2, 0.25) is 0 Å². The first-order chi connectivity index (χ1) is 9.81. The fraction of sp³-hybridized carbons (Fsp3) is 0.0714. The lowest BCUT2D eigenvalue weighted by Gasteiger charge is -2.09. The molecule has 0 fully saturated rings. The van der Waals surface area contributed by atoms with E-state index in [2.05, 4.69) is 15.9 Å². The van der Waals surface area contributed by atoms with Gasteiger partial charge in [-0.25, -0.2) is 17.5 Å². The summed E-state index contributed by atoms with van der Waals surface area (Å²) in [5.41, 5.74) is 0.157. The number of nitrogens with one attached hydrogen (secondary N) is 1. The second-order valence-corrected chi connectivity index (χ2v) is 6.89. The number of hydrogen-bond donors (Lipinski definition) is 1. The maximum atomic E-state index is 13.7. The molecule has 2 aromatic rings. The van der Waals surface area contributed by atoms with E-state index in [-0.39, 0.29) is 10.5 Å². The van der Waals surface area contributed by atoms with Crippen molar-refractivity contribution in [3.05, 3.63) is 63.9 Å². The molecule has 0 radical (unpaired) electrons. The Morgan fingerprint density at radius 2 is 1.86 bits per heavy atom. The maximum Gasteiger partial charge on any atom is 0.267 e. The smallest absolute Gasteiger partial charge is 0.267 e. The van der Waals surface area contributed by atoms with E-state index in [1.54, 1.807) is 25.1 Å². The van der Waals surface area contributed by atoms with Crippen LogP contribution in [0.5, 0.6) is 0 Å². The van der Waals surface area contributed by atoms with Gasteiger partial charge in [-0.2, -0.15) is 0 Å². The van der Waals surface area contributed by atoms with Crippen molar-refractivity contribution in [1.82, 2.24) is 4.72 Å². The Hall–Kier alpha value is -1.73. The van der Waals surface area contributed by atoms with Gasteiger partial charge in [-0.15, -0.1) is 0 Å². The minimum atomic E-state index is -4.04. The van der Waals surface area contributed by atoms with E-state index >= 15 is 0 Å². The van der Waals surface area contributed by atoms with E-state index in [1.165, 1.54) is 18.2 Å². The highest BCUT2D eigenvalue weighted by Gasteiger charge is 2.22. The molecular formula is C14H11BrFNO3S. The van der Waals surface area contributed by atoms with Gasteiger partial charge in [0.15, 0.2) is 0 Å². The summed E-state index contributed by atoms with van der Waals surface area (Å²) in [6.45, 7) is 1.61. The predicted molar refractivity (Wildman–Crippen MR) is 79.9 cm³/mol. The Balaban J connectivity index is 2.33. The average molecular weight is 372 g/mol. The van der Waals surface area contributed by atoms with Crippen molar-refractivity contribution in [3.8, 4) is 0 Å². The molecule has 0 aliphatic rings. The third-order valence-corrected chi connectivity index (χ3v) is 4.77. The highest BCUT2D eigenvalue weighted by atomic mass is 79.9. The highest BCUT2D eigenvalue weighted by Crippen LogP contribution is 2.17. The zero-order valence-electron chi connectivity index (χ0n) is 10.9. The first kappa shape index (κ1) is 15.7. The molecule has 0 saturated heterocycles. The van der Waals surface area contributed by atoms with Crippen LogP contribution in [0.2, 0.25) is 0 Å². The average Bonchev–Trinajstić information content (AvgIpc) is 2.38. The minimum absolute atomic E-state index is 0.0177. The molecule has 2 aromatic carbocycles. The van der Waals surface area contributed by atoms with Crippen molar-refractivity contribution in [2.24, 2.45) is 0 Å². The first-order valence-electron chi connectivity index (χ1n) is 5.89. The zero-order valence-corrected chi connectivity index (χ0v) is 13.3. The van der Waals surface area contributed by atoms with Gasteiger partial charge in [0.1, 0.15) is 5.82 Å². The summed E-state index contributed by atoms with van der Waals surface area (Å²) in [7, 11) is -4.04. The quantitative estimate of drug-likeness (QED) is 0.901. The Morgan fingerprint density at radius 1 is 1.19 bits per heavy atom. The molecule has 0 aromatic heterocycles. The van der Waals surface area contributed by atoms with Crippen LogP contribution in [0, 0.1) is 12.7 Å². The Labute approximate surface area is 130 Å². The molecule has 0 unspecified atom stereocenters. The zero-order chi connectivity index (χ0) is 15.6. The molecule has 0 aliphatic carbocycles. The van der Waals surface area contributed by atoms with Crippen molar-refractivity contribution in [1.29, 1.82) is 0 Å². The number of rotatable bonds is 3. The molecule has 0 spiro atoms. The summed E-state index contributed by atoms with van der Waals surface area (Å²) in [5, 5.41) is 0. The lowest BCUT2D eigenvalue weighted by molar-refractivity contribution is 0.0977. The monoisotopic (exact) mass is 371 g/mol. The van der Waals surface area contributed by atoms with Gasteiger partial charge in [-0.1, -0.05) is 34.1 Å². The molecular weight excluding hydrogens is 361 g/mol. The van der Waals surface area contributed by atoms with Crippen molar-refractivity contribution < 1.29 is 17.6 Å². The van der Waals surface area contributed by atoms with Gasteiger partial charge in [0.25, 0.3) is 15.9 Å². The molecule has 0 bridgehead atoms. The topological polar surface area (TPSA) is 63.2 Å². The highest BCUT2D eigenvalue weighted by molar-refractivity contribution is 9.10. The third kappa shape index (κ3) is 3.48. The van der Waals surface area contributed by atoms with Gasteiger partial charge in [0, 0.05) is 4.47 Å². The molecule has 2 rings (SSSR count). The summed E-state index contributed by atoms with van der Waals surface area (Å²) in [4.78, 5) is 11.9. The molecule has 21 heavy (non-hydrogen) atoms. The number of sulfonamides is 1. The summed E-state index contributed by atoms with van der Waals surface area (Å²) < 4.78 is 40.3. The molecule has 1 amide bonds. The number of hydrogen-bond acceptors (Lipinski definition) is 3. The van der Waals surface area contributed by atoms with E-state index in [0.717, 1.165) is 6.07 Å². The van der Waals surface area contributed by atoms with Crippen molar-refractivity contribution in [2.75, 3.05) is 0 Å². The van der Waals surface area contributed by atoms with Crippen molar-refractivity contribution in [3.63, 3.8) is 0 Å². The number of carbonyl (C=O) groups excluding carboxylic acids is 1. The summed E-state index contributed by atoms with van der Waals surface area (Å²) in [5.74, 6) is -1.81. The van der Waals surface area contributed by atoms with E-state index < -0.39 is 21.7 Å². The molecule has 110 valence electrons. The van der Waals surface area contributed by atoms with Crippen LogP contribution in [0.3, 0.4) is 0 Å². The second-order valence-electron chi connectivity index (χ2n) is 4.32. The first-order valence-corrected chi connectivity index (χ1v) is 8.17. The van der Waals surface area contributed by atoms with E-state index in [0.29, 0.717) is 10.0 Å². The molecule has 4 nitrogen and oxygen atoms in total. The van der Waals surface area contributed by atoms with Gasteiger partial charge in [-0.3, -0.25) is 4.79 Å². The fourth-order valence-corrected chi connectivity index (χ4v) is 3.31. The van der Waals surface area contributed by atoms with Crippen LogP contribution in [0.1, 0.15) is 15.9 Å². The van der Waals surface area contributed by atoms with Crippen LogP contribution in [0.4, 0.5) is 4.39 Å². The maximum absolute atomic E-state index is 13.7. The van der Waals surface area contributed by atoms with Gasteiger partial charge in [-0.05, 0) is 36.8 Å². The van der Waals surface area contributed by atoms with Gasteiger partial charge < -0.3 is 0 Å². The largest absolute Gasteiger partial charge is 0.268 e.